The number of anilines is 1. The number of hydrogen-bond acceptors (Lipinski definition) is 3. The Morgan fingerprint density at radius 2 is 1.74 bits per heavy atom. The highest BCUT2D eigenvalue weighted by Gasteiger charge is 2.34. The van der Waals surface area contributed by atoms with Gasteiger partial charge in [-0.25, -0.2) is 0 Å². The fourth-order valence-electron chi connectivity index (χ4n) is 4.10. The SMILES string of the molecule is O=C1N[C@H](c2ccccc2)Nc2sc3c(c21)CC[NH+](Cc1ccccc1)C3. The largest absolute Gasteiger partial charge is 0.353 e. The Kier molecular flexibility index (Phi) is 4.19. The fraction of sp³-hybridized carbons (Fsp3) is 0.227. The van der Waals surface area contributed by atoms with Crippen LogP contribution in [0.5, 0.6) is 0 Å². The maximum Gasteiger partial charge on any atom is 0.256 e. The van der Waals surface area contributed by atoms with Crippen LogP contribution in [0.4, 0.5) is 5.00 Å². The molecule has 2 aromatic carbocycles. The lowest BCUT2D eigenvalue weighted by molar-refractivity contribution is -0.929. The van der Waals surface area contributed by atoms with Crippen molar-refractivity contribution >= 4 is 22.2 Å². The molecule has 0 fully saturated rings. The van der Waals surface area contributed by atoms with Crippen molar-refractivity contribution in [1.29, 1.82) is 0 Å². The van der Waals surface area contributed by atoms with E-state index in [0.717, 1.165) is 42.2 Å². The van der Waals surface area contributed by atoms with Gasteiger partial charge in [-0.1, -0.05) is 60.7 Å². The van der Waals surface area contributed by atoms with E-state index in [1.54, 1.807) is 16.2 Å². The topological polar surface area (TPSA) is 45.6 Å². The molecule has 2 atom stereocenters. The minimum atomic E-state index is -0.154. The summed E-state index contributed by atoms with van der Waals surface area (Å²) in [6.45, 7) is 3.10. The van der Waals surface area contributed by atoms with E-state index in [9.17, 15) is 4.79 Å². The van der Waals surface area contributed by atoms with Gasteiger partial charge in [0.05, 0.1) is 17.0 Å². The number of amides is 1. The summed E-state index contributed by atoms with van der Waals surface area (Å²) in [4.78, 5) is 15.7. The van der Waals surface area contributed by atoms with Crippen LogP contribution in [0, 0.1) is 0 Å². The summed E-state index contributed by atoms with van der Waals surface area (Å²) in [6, 6.07) is 20.7. The molecule has 0 radical (unpaired) electrons. The van der Waals surface area contributed by atoms with Crippen LogP contribution >= 0.6 is 11.3 Å². The Morgan fingerprint density at radius 1 is 1.00 bits per heavy atom. The van der Waals surface area contributed by atoms with Crippen LogP contribution in [-0.2, 0) is 19.5 Å². The van der Waals surface area contributed by atoms with Crippen molar-refractivity contribution in [3.8, 4) is 0 Å². The first-order valence-corrected chi connectivity index (χ1v) is 10.2. The van der Waals surface area contributed by atoms with Gasteiger partial charge in [-0.3, -0.25) is 4.79 Å². The summed E-state index contributed by atoms with van der Waals surface area (Å²) in [5.41, 5.74) is 4.58. The van der Waals surface area contributed by atoms with E-state index in [1.165, 1.54) is 16.0 Å². The number of thiophene rings is 1. The quantitative estimate of drug-likeness (QED) is 0.658. The van der Waals surface area contributed by atoms with Crippen molar-refractivity contribution in [2.45, 2.75) is 25.7 Å². The maximum absolute atomic E-state index is 12.8. The van der Waals surface area contributed by atoms with Gasteiger partial charge in [-0.2, -0.15) is 0 Å². The van der Waals surface area contributed by atoms with Gasteiger partial charge in [0.25, 0.3) is 5.91 Å². The third kappa shape index (κ3) is 3.13. The van der Waals surface area contributed by atoms with E-state index >= 15 is 0 Å². The van der Waals surface area contributed by atoms with E-state index in [2.05, 4.69) is 41.0 Å². The van der Waals surface area contributed by atoms with E-state index in [4.69, 9.17) is 0 Å². The highest BCUT2D eigenvalue weighted by atomic mass is 32.1. The summed E-state index contributed by atoms with van der Waals surface area (Å²) in [6.07, 6.45) is 0.813. The number of carbonyl (C=O) groups is 1. The lowest BCUT2D eigenvalue weighted by Gasteiger charge is -2.27. The lowest BCUT2D eigenvalue weighted by atomic mass is 10.00. The molecule has 5 rings (SSSR count). The molecule has 3 heterocycles. The second-order valence-corrected chi connectivity index (χ2v) is 8.36. The third-order valence-corrected chi connectivity index (χ3v) is 6.60. The lowest BCUT2D eigenvalue weighted by Crippen LogP contribution is -3.10. The molecule has 1 unspecified atom stereocenters. The average Bonchev–Trinajstić information content (AvgIpc) is 3.07. The second kappa shape index (κ2) is 6.83. The van der Waals surface area contributed by atoms with Crippen LogP contribution in [0.1, 0.15) is 38.1 Å². The predicted octanol–water partition coefficient (Wildman–Crippen LogP) is 2.74. The standard InChI is InChI=1S/C22H21N3OS/c26-21-19-17-11-12-25(13-15-7-3-1-4-8-15)14-18(17)27-22(19)24-20(23-21)16-9-5-2-6-10-16/h1-10,20,24H,11-14H2,(H,23,26)/p+1/t20-/m0/s1. The van der Waals surface area contributed by atoms with Gasteiger partial charge in [-0.15, -0.1) is 11.3 Å². The number of fused-ring (bicyclic) bond motifs is 3. The zero-order valence-corrected chi connectivity index (χ0v) is 15.8. The Morgan fingerprint density at radius 3 is 2.52 bits per heavy atom. The first-order valence-electron chi connectivity index (χ1n) is 9.42. The molecule has 136 valence electrons. The molecule has 1 amide bonds. The Hall–Kier alpha value is -2.63. The molecule has 0 saturated heterocycles. The van der Waals surface area contributed by atoms with Gasteiger partial charge in [0, 0.05) is 12.0 Å². The molecule has 3 aromatic rings. The Balaban J connectivity index is 1.39. The smallest absolute Gasteiger partial charge is 0.256 e. The highest BCUT2D eigenvalue weighted by Crippen LogP contribution is 2.38. The van der Waals surface area contributed by atoms with Gasteiger partial charge in [0.15, 0.2) is 0 Å². The summed E-state index contributed by atoms with van der Waals surface area (Å²) in [7, 11) is 0. The van der Waals surface area contributed by atoms with Crippen molar-refractivity contribution < 1.29 is 9.69 Å². The van der Waals surface area contributed by atoms with Crippen molar-refractivity contribution in [1.82, 2.24) is 5.32 Å². The van der Waals surface area contributed by atoms with Crippen molar-refractivity contribution in [2.75, 3.05) is 11.9 Å². The van der Waals surface area contributed by atoms with E-state index in [1.807, 2.05) is 30.3 Å². The number of quaternary nitrogens is 1. The molecule has 2 aliphatic rings. The molecular weight excluding hydrogens is 354 g/mol. The minimum Gasteiger partial charge on any atom is -0.353 e. The number of nitrogens with one attached hydrogen (secondary N) is 3. The molecule has 0 bridgehead atoms. The van der Waals surface area contributed by atoms with Gasteiger partial charge in [0.1, 0.15) is 24.3 Å². The summed E-state index contributed by atoms with van der Waals surface area (Å²) in [5, 5.41) is 7.70. The van der Waals surface area contributed by atoms with Crippen LogP contribution in [0.3, 0.4) is 0 Å². The van der Waals surface area contributed by atoms with Gasteiger partial charge in [-0.05, 0) is 11.1 Å². The monoisotopic (exact) mass is 376 g/mol. The fourth-order valence-corrected chi connectivity index (χ4v) is 5.44. The predicted molar refractivity (Wildman–Crippen MR) is 108 cm³/mol. The molecule has 2 aliphatic heterocycles. The molecule has 3 N–H and O–H groups in total. The van der Waals surface area contributed by atoms with Gasteiger partial charge < -0.3 is 15.5 Å². The minimum absolute atomic E-state index is 0.0570. The molecule has 0 aliphatic carbocycles. The Labute approximate surface area is 162 Å². The molecule has 4 nitrogen and oxygen atoms in total. The molecule has 0 spiro atoms. The molecule has 0 saturated carbocycles. The first kappa shape index (κ1) is 16.5. The molecular formula is C22H22N3OS+. The van der Waals surface area contributed by atoms with Gasteiger partial charge in [0.2, 0.25) is 0 Å². The normalized spacial score (nSPS) is 21.0. The first-order chi connectivity index (χ1) is 13.3. The summed E-state index contributed by atoms with van der Waals surface area (Å²) in [5.74, 6) is 0.0570. The number of benzene rings is 2. The summed E-state index contributed by atoms with van der Waals surface area (Å²) >= 11 is 1.76. The zero-order valence-electron chi connectivity index (χ0n) is 15.0. The second-order valence-electron chi connectivity index (χ2n) is 7.26. The van der Waals surface area contributed by atoms with E-state index in [0.29, 0.717) is 0 Å². The zero-order chi connectivity index (χ0) is 18.2. The van der Waals surface area contributed by atoms with Crippen molar-refractivity contribution in [3.05, 3.63) is 87.8 Å². The van der Waals surface area contributed by atoms with Crippen LogP contribution < -0.4 is 15.5 Å². The number of rotatable bonds is 3. The molecule has 5 heteroatoms. The number of hydrogen-bond donors (Lipinski definition) is 3. The van der Waals surface area contributed by atoms with Crippen molar-refractivity contribution in [2.24, 2.45) is 0 Å². The van der Waals surface area contributed by atoms with E-state index < -0.39 is 0 Å². The maximum atomic E-state index is 12.8. The number of carbonyl (C=O) groups excluding carboxylic acids is 1. The molecule has 27 heavy (non-hydrogen) atoms. The van der Waals surface area contributed by atoms with Crippen LogP contribution in [-0.4, -0.2) is 12.5 Å². The van der Waals surface area contributed by atoms with Crippen LogP contribution in [0.2, 0.25) is 0 Å². The highest BCUT2D eigenvalue weighted by molar-refractivity contribution is 7.16. The Bertz CT molecular complexity index is 968. The van der Waals surface area contributed by atoms with Crippen molar-refractivity contribution in [3.63, 3.8) is 0 Å². The third-order valence-electron chi connectivity index (χ3n) is 5.44. The average molecular weight is 377 g/mol. The van der Waals surface area contributed by atoms with Crippen LogP contribution in [0.15, 0.2) is 60.7 Å². The summed E-state index contributed by atoms with van der Waals surface area (Å²) < 4.78 is 0. The molecule has 1 aromatic heterocycles. The van der Waals surface area contributed by atoms with Crippen LogP contribution in [0.25, 0.3) is 0 Å². The van der Waals surface area contributed by atoms with Gasteiger partial charge >= 0.3 is 0 Å². The van der Waals surface area contributed by atoms with E-state index in [-0.39, 0.29) is 12.1 Å².